The number of imide groups is 2. The van der Waals surface area contributed by atoms with Crippen LogP contribution < -0.4 is 25.2 Å². The van der Waals surface area contributed by atoms with Crippen LogP contribution in [0.3, 0.4) is 0 Å². The molecular weight excluding hydrogens is 458 g/mol. The van der Waals surface area contributed by atoms with Gasteiger partial charge in [-0.3, -0.25) is 20.2 Å². The van der Waals surface area contributed by atoms with Gasteiger partial charge in [0, 0.05) is 30.5 Å². The molecule has 2 aromatic carbocycles. The van der Waals surface area contributed by atoms with E-state index < -0.39 is 23.4 Å². The molecule has 3 aliphatic heterocycles. The van der Waals surface area contributed by atoms with E-state index in [0.29, 0.717) is 36.7 Å². The molecule has 6 rings (SSSR count). The number of aryl methyl sites for hydroxylation is 1. The summed E-state index contributed by atoms with van der Waals surface area (Å²) in [5, 5.41) is 4.45. The van der Waals surface area contributed by atoms with E-state index in [9.17, 15) is 14.4 Å². The molecule has 36 heavy (non-hydrogen) atoms. The molecule has 0 unspecified atom stereocenters. The highest BCUT2D eigenvalue weighted by Gasteiger charge is 2.57. The van der Waals surface area contributed by atoms with Crippen LogP contribution in [0.25, 0.3) is 0 Å². The fraction of sp³-hybridized carbons (Fsp3) is 0.259. The minimum absolute atomic E-state index is 0.324. The normalized spacial score (nSPS) is 18.3. The Bertz CT molecular complexity index is 1350. The van der Waals surface area contributed by atoms with Gasteiger partial charge in [-0.25, -0.2) is 9.78 Å². The number of amides is 4. The van der Waals surface area contributed by atoms with Crippen molar-refractivity contribution >= 4 is 34.9 Å². The van der Waals surface area contributed by atoms with E-state index in [-0.39, 0.29) is 0 Å². The van der Waals surface area contributed by atoms with E-state index in [4.69, 9.17) is 4.74 Å². The molecule has 2 N–H and O–H groups in total. The molecule has 3 aliphatic rings. The van der Waals surface area contributed by atoms with Crippen LogP contribution in [0.1, 0.15) is 24.0 Å². The van der Waals surface area contributed by atoms with Gasteiger partial charge in [-0.05, 0) is 68.1 Å². The average molecular weight is 484 g/mol. The third kappa shape index (κ3) is 3.55. The van der Waals surface area contributed by atoms with Gasteiger partial charge in [0.1, 0.15) is 5.75 Å². The summed E-state index contributed by atoms with van der Waals surface area (Å²) in [5.74, 6) is -0.103. The van der Waals surface area contributed by atoms with Crippen LogP contribution in [0, 0.1) is 6.92 Å². The van der Waals surface area contributed by atoms with E-state index in [2.05, 4.69) is 57.8 Å². The van der Waals surface area contributed by atoms with Crippen LogP contribution in [-0.4, -0.2) is 41.5 Å². The van der Waals surface area contributed by atoms with Crippen molar-refractivity contribution in [3.8, 4) is 11.6 Å². The van der Waals surface area contributed by atoms with Gasteiger partial charge < -0.3 is 14.5 Å². The first kappa shape index (κ1) is 22.1. The first-order valence-corrected chi connectivity index (χ1v) is 12.0. The summed E-state index contributed by atoms with van der Waals surface area (Å²) in [6.45, 7) is 3.50. The zero-order valence-electron chi connectivity index (χ0n) is 19.8. The number of ether oxygens (including phenoxy) is 1. The number of fused-ring (bicyclic) bond motifs is 1. The molecule has 0 aliphatic carbocycles. The maximum atomic E-state index is 12.7. The lowest BCUT2D eigenvalue weighted by atomic mass is 9.92. The van der Waals surface area contributed by atoms with Crippen LogP contribution in [0.5, 0.6) is 11.6 Å². The molecule has 9 heteroatoms. The second-order valence-electron chi connectivity index (χ2n) is 9.34. The average Bonchev–Trinajstić information content (AvgIpc) is 3.49. The molecule has 1 spiro atoms. The molecule has 3 aromatic rings. The third-order valence-electron chi connectivity index (χ3n) is 7.13. The number of benzene rings is 2. The van der Waals surface area contributed by atoms with Crippen molar-refractivity contribution in [3.63, 3.8) is 0 Å². The first-order valence-electron chi connectivity index (χ1n) is 12.0. The second kappa shape index (κ2) is 8.37. The largest absolute Gasteiger partial charge is 0.439 e. The van der Waals surface area contributed by atoms with Crippen molar-refractivity contribution in [1.82, 2.24) is 15.6 Å². The summed E-state index contributed by atoms with van der Waals surface area (Å²) in [6, 6.07) is 17.3. The summed E-state index contributed by atoms with van der Waals surface area (Å²) in [6.07, 6.45) is 3.48. The van der Waals surface area contributed by atoms with Crippen LogP contribution in [0.15, 0.2) is 60.8 Å². The molecule has 4 heterocycles. The lowest BCUT2D eigenvalue weighted by Crippen LogP contribution is -2.71. The van der Waals surface area contributed by atoms with Crippen molar-refractivity contribution in [3.05, 3.63) is 71.9 Å². The second-order valence-corrected chi connectivity index (χ2v) is 9.34. The summed E-state index contributed by atoms with van der Waals surface area (Å²) >= 11 is 0. The van der Waals surface area contributed by atoms with Crippen molar-refractivity contribution < 1.29 is 19.1 Å². The fourth-order valence-electron chi connectivity index (χ4n) is 5.34. The van der Waals surface area contributed by atoms with Gasteiger partial charge in [0.25, 0.3) is 11.8 Å². The predicted molar refractivity (Wildman–Crippen MR) is 134 cm³/mol. The number of hydrogen-bond donors (Lipinski definition) is 2. The van der Waals surface area contributed by atoms with Gasteiger partial charge in [0.15, 0.2) is 5.54 Å². The maximum absolute atomic E-state index is 12.7. The number of anilines is 3. The van der Waals surface area contributed by atoms with Gasteiger partial charge in [-0.15, -0.1) is 0 Å². The Labute approximate surface area is 208 Å². The Morgan fingerprint density at radius 2 is 1.67 bits per heavy atom. The number of urea groups is 1. The van der Waals surface area contributed by atoms with Crippen molar-refractivity contribution in [2.24, 2.45) is 0 Å². The first-order chi connectivity index (χ1) is 17.4. The molecule has 0 radical (unpaired) electrons. The Morgan fingerprint density at radius 3 is 2.39 bits per heavy atom. The van der Waals surface area contributed by atoms with E-state index in [0.717, 1.165) is 13.0 Å². The smallest absolute Gasteiger partial charge is 0.328 e. The molecule has 4 amide bonds. The summed E-state index contributed by atoms with van der Waals surface area (Å²) in [5.41, 5.74) is 3.97. The molecule has 0 saturated carbocycles. The maximum Gasteiger partial charge on any atom is 0.328 e. The van der Waals surface area contributed by atoms with Crippen LogP contribution in [0.4, 0.5) is 21.9 Å². The van der Waals surface area contributed by atoms with Gasteiger partial charge in [0.05, 0.1) is 11.9 Å². The topological polar surface area (TPSA) is 104 Å². The number of barbiturate groups is 1. The monoisotopic (exact) mass is 483 g/mol. The van der Waals surface area contributed by atoms with E-state index in [1.165, 1.54) is 22.5 Å². The highest BCUT2D eigenvalue weighted by atomic mass is 16.5. The fourth-order valence-corrected chi connectivity index (χ4v) is 5.34. The number of nitrogens with one attached hydrogen (secondary N) is 2. The SMILES string of the molecule is Cc1ccc(N2CCc3cc(Oc4ccc(N5CCCC56C(=O)NC(=O)NC6=O)cn4)ccc32)cc1. The molecule has 9 nitrogen and oxygen atoms in total. The summed E-state index contributed by atoms with van der Waals surface area (Å²) in [4.78, 5) is 45.3. The molecular formula is C27H25N5O4. The number of pyridine rings is 1. The van der Waals surface area contributed by atoms with Crippen molar-refractivity contribution in [2.75, 3.05) is 22.9 Å². The lowest BCUT2D eigenvalue weighted by molar-refractivity contribution is -0.137. The minimum atomic E-state index is -1.44. The Kier molecular flexibility index (Phi) is 5.13. The number of rotatable bonds is 4. The van der Waals surface area contributed by atoms with Gasteiger partial charge in [0.2, 0.25) is 5.88 Å². The van der Waals surface area contributed by atoms with Crippen LogP contribution >= 0.6 is 0 Å². The highest BCUT2D eigenvalue weighted by Crippen LogP contribution is 2.39. The van der Waals surface area contributed by atoms with Gasteiger partial charge in [-0.2, -0.15) is 0 Å². The standard InChI is InChI=1S/C27H25N5O4/c1-17-3-5-19(6-4-17)31-14-11-18-15-21(8-9-22(18)31)36-23-10-7-20(16-28-23)32-13-2-12-27(32)24(33)29-26(35)30-25(27)34/h3-10,15-16H,2,11-14H2,1H3,(H2,29,30,33,34,35). The Hall–Kier alpha value is -4.40. The van der Waals surface area contributed by atoms with Crippen LogP contribution in [0.2, 0.25) is 0 Å². The zero-order valence-corrected chi connectivity index (χ0v) is 19.8. The summed E-state index contributed by atoms with van der Waals surface area (Å²) in [7, 11) is 0. The third-order valence-corrected chi connectivity index (χ3v) is 7.13. The van der Waals surface area contributed by atoms with Crippen molar-refractivity contribution in [2.45, 2.75) is 31.7 Å². The van der Waals surface area contributed by atoms with E-state index in [1.54, 1.807) is 23.2 Å². The van der Waals surface area contributed by atoms with Crippen molar-refractivity contribution in [1.29, 1.82) is 0 Å². The minimum Gasteiger partial charge on any atom is -0.439 e. The molecule has 2 fully saturated rings. The lowest BCUT2D eigenvalue weighted by Gasteiger charge is -2.38. The van der Waals surface area contributed by atoms with E-state index >= 15 is 0 Å². The molecule has 0 atom stereocenters. The summed E-state index contributed by atoms with van der Waals surface area (Å²) < 4.78 is 6.02. The number of carbonyl (C=O) groups is 3. The predicted octanol–water partition coefficient (Wildman–Crippen LogP) is 3.58. The Balaban J connectivity index is 1.19. The number of carbonyl (C=O) groups excluding carboxylic acids is 3. The number of hydrogen-bond acceptors (Lipinski definition) is 7. The highest BCUT2D eigenvalue weighted by molar-refractivity contribution is 6.24. The quantitative estimate of drug-likeness (QED) is 0.547. The van der Waals surface area contributed by atoms with E-state index in [1.807, 2.05) is 12.1 Å². The Morgan fingerprint density at radius 1 is 0.917 bits per heavy atom. The van der Waals surface area contributed by atoms with Gasteiger partial charge >= 0.3 is 6.03 Å². The molecule has 182 valence electrons. The zero-order chi connectivity index (χ0) is 24.9. The number of nitrogens with zero attached hydrogens (tertiary/aromatic N) is 3. The van der Waals surface area contributed by atoms with Crippen LogP contribution in [-0.2, 0) is 16.0 Å². The van der Waals surface area contributed by atoms with Gasteiger partial charge in [-0.1, -0.05) is 17.7 Å². The molecule has 0 bridgehead atoms. The molecule has 1 aromatic heterocycles. The molecule has 2 saturated heterocycles. The number of aromatic nitrogens is 1.